The van der Waals surface area contributed by atoms with Crippen molar-refractivity contribution < 1.29 is 37.5 Å². The van der Waals surface area contributed by atoms with Crippen molar-refractivity contribution in [2.24, 2.45) is 11.3 Å². The molecule has 0 unspecified atom stereocenters. The van der Waals surface area contributed by atoms with Gasteiger partial charge >= 0.3 is 0 Å². The molecule has 3 saturated heterocycles. The summed E-state index contributed by atoms with van der Waals surface area (Å²) in [6, 6.07) is 22.2. The fourth-order valence-corrected chi connectivity index (χ4v) is 13.1. The Labute approximate surface area is 408 Å². The van der Waals surface area contributed by atoms with E-state index in [1.54, 1.807) is 12.3 Å². The second-order valence-electron chi connectivity index (χ2n) is 20.8. The average molecular weight is 975 g/mol. The van der Waals surface area contributed by atoms with Gasteiger partial charge < -0.3 is 39.4 Å². The second kappa shape index (κ2) is 18.4. The van der Waals surface area contributed by atoms with Gasteiger partial charge in [-0.05, 0) is 137 Å². The highest BCUT2D eigenvalue weighted by Gasteiger charge is 2.50. The third kappa shape index (κ3) is 8.97. The highest BCUT2D eigenvalue weighted by molar-refractivity contribution is 7.90. The van der Waals surface area contributed by atoms with Crippen molar-refractivity contribution in [3.05, 3.63) is 106 Å². The molecule has 6 heterocycles. The highest BCUT2D eigenvalue weighted by atomic mass is 32.2. The number of pyridine rings is 1. The van der Waals surface area contributed by atoms with E-state index < -0.39 is 43.1 Å². The Balaban J connectivity index is 0.868. The highest BCUT2D eigenvalue weighted by Crippen LogP contribution is 2.54. The number of aromatic amines is 1. The molecule has 17 nitrogen and oxygen atoms in total. The van der Waals surface area contributed by atoms with Gasteiger partial charge in [0.2, 0.25) is 5.88 Å². The van der Waals surface area contributed by atoms with E-state index >= 15 is 0 Å². The molecule has 3 aromatic carbocycles. The number of aromatic nitrogens is 2. The van der Waals surface area contributed by atoms with Crippen LogP contribution in [0.3, 0.4) is 0 Å². The number of amides is 1. The molecule has 2 aliphatic carbocycles. The summed E-state index contributed by atoms with van der Waals surface area (Å²) >= 11 is 0. The van der Waals surface area contributed by atoms with Crippen LogP contribution in [0.5, 0.6) is 5.88 Å². The molecule has 0 bridgehead atoms. The van der Waals surface area contributed by atoms with Crippen molar-refractivity contribution in [2.45, 2.75) is 106 Å². The number of H-pyrrole nitrogens is 1. The first-order chi connectivity index (χ1) is 33.7. The van der Waals surface area contributed by atoms with Gasteiger partial charge in [-0.1, -0.05) is 24.3 Å². The first kappa shape index (κ1) is 46.6. The Morgan fingerprint density at radius 1 is 0.943 bits per heavy atom. The molecule has 0 radical (unpaired) electrons. The number of carbonyl (C=O) groups is 1. The summed E-state index contributed by atoms with van der Waals surface area (Å²) in [6.07, 6.45) is 9.10. The largest absolute Gasteiger partial charge is 0.468 e. The van der Waals surface area contributed by atoms with Crippen LogP contribution < -0.4 is 24.6 Å². The Hall–Kier alpha value is -5.79. The number of nitro groups is 1. The maximum absolute atomic E-state index is 14.7. The number of aryl methyl sites for hydroxylation is 1. The molecular weight excluding hydrogens is 913 g/mol. The van der Waals surface area contributed by atoms with Gasteiger partial charge in [0, 0.05) is 62.2 Å². The van der Waals surface area contributed by atoms with E-state index in [1.807, 2.05) is 31.2 Å². The number of aliphatic hydroxyl groups is 1. The van der Waals surface area contributed by atoms with Gasteiger partial charge in [-0.15, -0.1) is 0 Å². The number of carbonyl (C=O) groups excluding carboxylic acids is 1. The molecule has 11 rings (SSSR count). The van der Waals surface area contributed by atoms with E-state index in [1.165, 1.54) is 23.3 Å². The summed E-state index contributed by atoms with van der Waals surface area (Å²) in [5.74, 6) is -0.312. The van der Waals surface area contributed by atoms with Crippen LogP contribution >= 0.6 is 0 Å². The molecule has 6 aliphatic rings. The van der Waals surface area contributed by atoms with E-state index in [4.69, 9.17) is 19.2 Å². The Kier molecular flexibility index (Phi) is 12.3. The van der Waals surface area contributed by atoms with E-state index in [0.29, 0.717) is 74.6 Å². The summed E-state index contributed by atoms with van der Waals surface area (Å²) in [6.45, 7) is 9.24. The molecule has 18 heteroatoms. The summed E-state index contributed by atoms with van der Waals surface area (Å²) in [7, 11) is -4.62. The number of hydrogen-bond donors (Lipinski definition) is 4. The zero-order chi connectivity index (χ0) is 48.4. The van der Waals surface area contributed by atoms with Crippen LogP contribution in [0, 0.1) is 28.4 Å². The molecule has 1 amide bonds. The van der Waals surface area contributed by atoms with Crippen LogP contribution in [0.25, 0.3) is 11.0 Å². The van der Waals surface area contributed by atoms with E-state index in [0.717, 1.165) is 81.9 Å². The molecular formula is C52H62N8O9S. The fourth-order valence-electron chi connectivity index (χ4n) is 12.1. The standard InChI is InChI=1S/C52H62N8O9S/c1-33-5-3-4-6-39(33)46-31-68-24-22-58(46)37-28-52(29-37)17-20-57(21-18-52)36-7-9-40(43(26-36)59-42-14-23-67-32-47(42)69-50-45(59)25-35-13-19-53-48(35)55-50)49(61)56-70(65,66)38-8-10-41(44(27-38)60(63)64)54-30-34-11-15-51(2,62)16-12-34/h3-10,13,19,25-27,34,37,42,46-47,54,62H,11-12,14-18,20-24,28-32H2,1-2H3,(H,53,55)(H,56,61)/t34?,42-,46-,47-,51?/m0/s1. The minimum atomic E-state index is -4.62. The lowest BCUT2D eigenvalue weighted by atomic mass is 9.59. The quantitative estimate of drug-likeness (QED) is 0.0738. The van der Waals surface area contributed by atoms with Gasteiger partial charge in [-0.2, -0.15) is 4.98 Å². The third-order valence-electron chi connectivity index (χ3n) is 16.3. The van der Waals surface area contributed by atoms with Gasteiger partial charge in [0.05, 0.1) is 58.6 Å². The monoisotopic (exact) mass is 974 g/mol. The molecule has 4 aliphatic heterocycles. The molecule has 4 N–H and O–H groups in total. The Morgan fingerprint density at radius 3 is 2.51 bits per heavy atom. The van der Waals surface area contributed by atoms with Crippen molar-refractivity contribution in [3.8, 4) is 5.88 Å². The first-order valence-corrected chi connectivity index (χ1v) is 26.3. The number of hydrogen-bond acceptors (Lipinski definition) is 14. The van der Waals surface area contributed by atoms with Gasteiger partial charge in [0.25, 0.3) is 21.6 Å². The normalized spacial score (nSPS) is 25.9. The van der Waals surface area contributed by atoms with Crippen LogP contribution in [0.2, 0.25) is 0 Å². The first-order valence-electron chi connectivity index (χ1n) is 24.8. The molecule has 2 saturated carbocycles. The number of piperidine rings is 1. The number of sulfonamides is 1. The van der Waals surface area contributed by atoms with Crippen LogP contribution in [0.15, 0.2) is 83.9 Å². The predicted octanol–water partition coefficient (Wildman–Crippen LogP) is 7.76. The number of fused-ring (bicyclic) bond motifs is 3. The van der Waals surface area contributed by atoms with E-state index in [2.05, 4.69) is 60.9 Å². The number of benzene rings is 3. The SMILES string of the molecule is Cc1ccccc1[C@@H]1COCCN1C1CC2(CCN(c3ccc(C(=O)NS(=O)(=O)c4ccc(NCC5CCC(C)(O)CC5)c([N+](=O)[O-])c4)c(N4c5cc6cc[nH]c6nc5O[C@H]5COCC[C@@H]54)c3)CC2)C1. The van der Waals surface area contributed by atoms with Crippen LogP contribution in [0.4, 0.5) is 28.4 Å². The molecule has 3 atom stereocenters. The van der Waals surface area contributed by atoms with Crippen molar-refractivity contribution in [2.75, 3.05) is 67.7 Å². The van der Waals surface area contributed by atoms with Crippen LogP contribution in [0.1, 0.15) is 92.2 Å². The van der Waals surface area contributed by atoms with Crippen molar-refractivity contribution in [1.29, 1.82) is 0 Å². The van der Waals surface area contributed by atoms with Crippen molar-refractivity contribution in [1.82, 2.24) is 19.6 Å². The topological polar surface area (TPSA) is 205 Å². The van der Waals surface area contributed by atoms with E-state index in [9.17, 15) is 28.4 Å². The predicted molar refractivity (Wildman–Crippen MR) is 265 cm³/mol. The average Bonchev–Trinajstić information content (AvgIpc) is 3.81. The lowest BCUT2D eigenvalue weighted by Gasteiger charge is -2.57. The summed E-state index contributed by atoms with van der Waals surface area (Å²) in [4.78, 5) is 41.1. The number of rotatable bonds is 11. The number of morpholine rings is 1. The molecule has 1 spiro atoms. The minimum absolute atomic E-state index is 0.114. The molecule has 5 fully saturated rings. The third-order valence-corrected chi connectivity index (χ3v) is 17.6. The summed E-state index contributed by atoms with van der Waals surface area (Å²) in [5.41, 5.74) is 4.75. The number of ether oxygens (including phenoxy) is 3. The number of nitro benzene ring substituents is 1. The van der Waals surface area contributed by atoms with E-state index in [-0.39, 0.29) is 34.7 Å². The number of nitrogens with zero attached hydrogens (tertiary/aromatic N) is 5. The fraction of sp³-hybridized carbons (Fsp3) is 0.500. The Morgan fingerprint density at radius 2 is 1.73 bits per heavy atom. The summed E-state index contributed by atoms with van der Waals surface area (Å²) in [5, 5.41) is 26.7. The van der Waals surface area contributed by atoms with Gasteiger partial charge in [-0.3, -0.25) is 19.8 Å². The molecule has 5 aromatic rings. The number of anilines is 4. The Bertz CT molecular complexity index is 2900. The van der Waals surface area contributed by atoms with Crippen molar-refractivity contribution >= 4 is 55.4 Å². The smallest absolute Gasteiger partial charge is 0.293 e. The summed E-state index contributed by atoms with van der Waals surface area (Å²) < 4.78 is 49.0. The number of nitrogens with one attached hydrogen (secondary N) is 3. The zero-order valence-corrected chi connectivity index (χ0v) is 40.6. The van der Waals surface area contributed by atoms with Gasteiger partial charge in [0.15, 0.2) is 0 Å². The van der Waals surface area contributed by atoms with Crippen molar-refractivity contribution in [3.63, 3.8) is 0 Å². The second-order valence-corrected chi connectivity index (χ2v) is 22.5. The van der Waals surface area contributed by atoms with Gasteiger partial charge in [0.1, 0.15) is 23.1 Å². The molecule has 370 valence electrons. The lowest BCUT2D eigenvalue weighted by molar-refractivity contribution is -0.384. The van der Waals surface area contributed by atoms with Crippen LogP contribution in [-0.2, 0) is 19.5 Å². The lowest BCUT2D eigenvalue weighted by Crippen LogP contribution is -2.58. The maximum Gasteiger partial charge on any atom is 0.293 e. The zero-order valence-electron chi connectivity index (χ0n) is 39.8. The van der Waals surface area contributed by atoms with Gasteiger partial charge in [-0.25, -0.2) is 13.1 Å². The maximum atomic E-state index is 14.7. The molecule has 2 aromatic heterocycles. The van der Waals surface area contributed by atoms with Crippen LogP contribution in [-0.4, -0.2) is 116 Å². The molecule has 70 heavy (non-hydrogen) atoms. The minimum Gasteiger partial charge on any atom is -0.468 e.